The molecule has 0 atom stereocenters. The van der Waals surface area contributed by atoms with Gasteiger partial charge in [0.1, 0.15) is 0 Å². The van der Waals surface area contributed by atoms with Crippen molar-refractivity contribution < 1.29 is 4.79 Å². The van der Waals surface area contributed by atoms with Crippen molar-refractivity contribution in [1.29, 1.82) is 0 Å². The minimum Gasteiger partial charge on any atom is -0.349 e. The summed E-state index contributed by atoms with van der Waals surface area (Å²) in [6.07, 6.45) is 5.06. The van der Waals surface area contributed by atoms with E-state index in [0.29, 0.717) is 11.8 Å². The summed E-state index contributed by atoms with van der Waals surface area (Å²) in [5.41, 5.74) is 5.45. The highest BCUT2D eigenvalue weighted by Gasteiger charge is 2.24. The highest BCUT2D eigenvalue weighted by molar-refractivity contribution is 7.99. The summed E-state index contributed by atoms with van der Waals surface area (Å²) in [6, 6.07) is 2.59. The van der Waals surface area contributed by atoms with Gasteiger partial charge in [-0.05, 0) is 53.5 Å². The molecule has 1 aliphatic rings. The Bertz CT molecular complexity index is 781. The van der Waals surface area contributed by atoms with E-state index in [2.05, 4.69) is 36.8 Å². The maximum Gasteiger partial charge on any atom is 0.175 e. The number of hydrogen-bond donors (Lipinski definition) is 0. The largest absolute Gasteiger partial charge is 0.349 e. The molecule has 136 valence electrons. The lowest BCUT2D eigenvalue weighted by Crippen LogP contribution is -2.10. The lowest BCUT2D eigenvalue weighted by Gasteiger charge is -2.16. The first-order valence-electron chi connectivity index (χ1n) is 9.32. The topological polar surface area (TPSA) is 39.8 Å². The number of aryl methyl sites for hydroxylation is 2. The Morgan fingerprint density at radius 2 is 1.88 bits per heavy atom. The average molecular weight is 360 g/mol. The predicted octanol–water partition coefficient (Wildman–Crippen LogP) is 5.03. The highest BCUT2D eigenvalue weighted by Crippen LogP contribution is 2.35. The normalized spacial score (nSPS) is 15.2. The molecule has 4 nitrogen and oxygen atoms in total. The maximum absolute atomic E-state index is 12.8. The number of carbonyl (C=O) groups is 1. The first kappa shape index (κ1) is 18.3. The van der Waals surface area contributed by atoms with Gasteiger partial charge in [0, 0.05) is 35.2 Å². The minimum absolute atomic E-state index is 0.203. The van der Waals surface area contributed by atoms with Crippen LogP contribution in [0.3, 0.4) is 0 Å². The lowest BCUT2D eigenvalue weighted by atomic mass is 10.2. The van der Waals surface area contributed by atoms with Gasteiger partial charge in [0.15, 0.2) is 10.9 Å². The van der Waals surface area contributed by atoms with Crippen LogP contribution in [0.1, 0.15) is 71.8 Å². The van der Waals surface area contributed by atoms with Crippen LogP contribution in [0.25, 0.3) is 0 Å². The molecule has 1 fully saturated rings. The van der Waals surface area contributed by atoms with Gasteiger partial charge in [-0.3, -0.25) is 4.79 Å². The van der Waals surface area contributed by atoms with Crippen LogP contribution in [0, 0.1) is 27.7 Å². The monoisotopic (exact) mass is 359 g/mol. The number of Topliss-reactive ketones (excluding diaryl/α,β-unsaturated/α-hetero) is 1. The van der Waals surface area contributed by atoms with E-state index in [4.69, 9.17) is 4.98 Å². The molecule has 3 rings (SSSR count). The summed E-state index contributed by atoms with van der Waals surface area (Å²) in [5, 5.41) is 1.01. The molecule has 0 amide bonds. The lowest BCUT2D eigenvalue weighted by molar-refractivity contribution is 0.102. The van der Waals surface area contributed by atoms with E-state index in [1.165, 1.54) is 31.4 Å². The van der Waals surface area contributed by atoms with Crippen molar-refractivity contribution in [2.24, 2.45) is 0 Å². The molecule has 5 heteroatoms. The summed E-state index contributed by atoms with van der Waals surface area (Å²) < 4.78 is 4.58. The van der Waals surface area contributed by atoms with Gasteiger partial charge < -0.3 is 9.13 Å². The van der Waals surface area contributed by atoms with Crippen molar-refractivity contribution in [2.45, 2.75) is 78.0 Å². The summed E-state index contributed by atoms with van der Waals surface area (Å²) >= 11 is 1.60. The molecular weight excluding hydrogens is 330 g/mol. The zero-order valence-corrected chi connectivity index (χ0v) is 16.9. The van der Waals surface area contributed by atoms with Crippen LogP contribution >= 0.6 is 11.8 Å². The standard InChI is InChI=1S/C20H29N3OS/c1-6-22-13(2)11-18(16(22)5)19(24)12-25-20-21-14(3)15(4)23(20)17-9-7-8-10-17/h11,17H,6-10,12H2,1-5H3. The molecule has 2 heterocycles. The second-order valence-electron chi connectivity index (χ2n) is 7.11. The van der Waals surface area contributed by atoms with Gasteiger partial charge in [-0.2, -0.15) is 0 Å². The van der Waals surface area contributed by atoms with Crippen LogP contribution in [-0.4, -0.2) is 25.7 Å². The van der Waals surface area contributed by atoms with E-state index in [1.807, 2.05) is 13.0 Å². The summed E-state index contributed by atoms with van der Waals surface area (Å²) in [5.74, 6) is 0.658. The molecular formula is C20H29N3OS. The third-order valence-corrected chi connectivity index (χ3v) is 6.52. The first-order valence-corrected chi connectivity index (χ1v) is 10.3. The van der Waals surface area contributed by atoms with Crippen molar-refractivity contribution in [3.63, 3.8) is 0 Å². The molecule has 0 radical (unpaired) electrons. The van der Waals surface area contributed by atoms with Gasteiger partial charge in [-0.15, -0.1) is 0 Å². The zero-order chi connectivity index (χ0) is 18.1. The Kier molecular flexibility index (Phi) is 5.42. The fourth-order valence-electron chi connectivity index (χ4n) is 4.07. The predicted molar refractivity (Wildman–Crippen MR) is 104 cm³/mol. The molecule has 0 aromatic carbocycles. The Hall–Kier alpha value is -1.49. The molecule has 0 unspecified atom stereocenters. The molecule has 0 saturated heterocycles. The molecule has 1 saturated carbocycles. The van der Waals surface area contributed by atoms with Gasteiger partial charge in [0.25, 0.3) is 0 Å². The first-order chi connectivity index (χ1) is 11.9. The van der Waals surface area contributed by atoms with Gasteiger partial charge in [0.2, 0.25) is 0 Å². The van der Waals surface area contributed by atoms with E-state index in [-0.39, 0.29) is 5.78 Å². The SMILES string of the molecule is CCn1c(C)cc(C(=O)CSc2nc(C)c(C)n2C2CCCC2)c1C. The number of nitrogens with zero attached hydrogens (tertiary/aromatic N) is 3. The molecule has 0 bridgehead atoms. The van der Waals surface area contributed by atoms with E-state index >= 15 is 0 Å². The van der Waals surface area contributed by atoms with E-state index in [0.717, 1.165) is 34.3 Å². The van der Waals surface area contributed by atoms with Crippen molar-refractivity contribution in [3.05, 3.63) is 34.4 Å². The Morgan fingerprint density at radius 1 is 1.20 bits per heavy atom. The van der Waals surface area contributed by atoms with Gasteiger partial charge in [-0.1, -0.05) is 24.6 Å². The number of thioether (sulfide) groups is 1. The molecule has 0 spiro atoms. The van der Waals surface area contributed by atoms with E-state index < -0.39 is 0 Å². The van der Waals surface area contributed by atoms with Crippen molar-refractivity contribution >= 4 is 17.5 Å². The molecule has 2 aromatic rings. The van der Waals surface area contributed by atoms with Crippen LogP contribution in [0.5, 0.6) is 0 Å². The Labute approximate surface area is 155 Å². The average Bonchev–Trinajstić information content (AvgIpc) is 3.26. The number of carbonyl (C=O) groups excluding carboxylic acids is 1. The zero-order valence-electron chi connectivity index (χ0n) is 16.1. The molecule has 25 heavy (non-hydrogen) atoms. The minimum atomic E-state index is 0.203. The van der Waals surface area contributed by atoms with Gasteiger partial charge >= 0.3 is 0 Å². The Balaban J connectivity index is 1.78. The highest BCUT2D eigenvalue weighted by atomic mass is 32.2. The molecule has 0 N–H and O–H groups in total. The van der Waals surface area contributed by atoms with Gasteiger partial charge in [0.05, 0.1) is 11.4 Å². The van der Waals surface area contributed by atoms with Crippen LogP contribution in [-0.2, 0) is 6.54 Å². The number of aromatic nitrogens is 3. The van der Waals surface area contributed by atoms with Crippen LogP contribution in [0.2, 0.25) is 0 Å². The number of rotatable bonds is 6. The quantitative estimate of drug-likeness (QED) is 0.536. The summed E-state index contributed by atoms with van der Waals surface area (Å²) in [4.78, 5) is 17.5. The molecule has 0 aliphatic heterocycles. The third-order valence-electron chi connectivity index (χ3n) is 5.57. The second kappa shape index (κ2) is 7.40. The van der Waals surface area contributed by atoms with Gasteiger partial charge in [-0.25, -0.2) is 4.98 Å². The molecule has 2 aromatic heterocycles. The van der Waals surface area contributed by atoms with Crippen LogP contribution in [0.4, 0.5) is 0 Å². The van der Waals surface area contributed by atoms with E-state index in [9.17, 15) is 4.79 Å². The second-order valence-corrected chi connectivity index (χ2v) is 8.06. The summed E-state index contributed by atoms with van der Waals surface area (Å²) in [6.45, 7) is 11.4. The smallest absolute Gasteiger partial charge is 0.175 e. The van der Waals surface area contributed by atoms with Crippen molar-refractivity contribution in [2.75, 3.05) is 5.75 Å². The summed E-state index contributed by atoms with van der Waals surface area (Å²) in [7, 11) is 0. The van der Waals surface area contributed by atoms with Crippen LogP contribution < -0.4 is 0 Å². The van der Waals surface area contributed by atoms with Crippen molar-refractivity contribution in [3.8, 4) is 0 Å². The number of hydrogen-bond acceptors (Lipinski definition) is 3. The number of ketones is 1. The van der Waals surface area contributed by atoms with E-state index in [1.54, 1.807) is 11.8 Å². The maximum atomic E-state index is 12.8. The van der Waals surface area contributed by atoms with Crippen LogP contribution in [0.15, 0.2) is 11.2 Å². The van der Waals surface area contributed by atoms with Crippen molar-refractivity contribution in [1.82, 2.24) is 14.1 Å². The molecule has 1 aliphatic carbocycles. The fourth-order valence-corrected chi connectivity index (χ4v) is 5.11. The fraction of sp³-hybridized carbons (Fsp3) is 0.600. The third kappa shape index (κ3) is 3.43. The number of imidazole rings is 1. The Morgan fingerprint density at radius 3 is 2.48 bits per heavy atom.